The van der Waals surface area contributed by atoms with Crippen LogP contribution in [0, 0.1) is 5.92 Å². The van der Waals surface area contributed by atoms with Crippen LogP contribution in [0.3, 0.4) is 0 Å². The van der Waals surface area contributed by atoms with Crippen LogP contribution in [0.2, 0.25) is 0 Å². The van der Waals surface area contributed by atoms with Crippen molar-refractivity contribution in [1.82, 2.24) is 9.80 Å². The normalized spacial score (nSPS) is 20.3. The second-order valence-electron chi connectivity index (χ2n) is 6.19. The maximum atomic E-state index is 6.03. The van der Waals surface area contributed by atoms with Gasteiger partial charge in [-0.25, -0.2) is 0 Å². The molecular formula is C15H33N3. The monoisotopic (exact) mass is 255 g/mol. The average molecular weight is 255 g/mol. The number of rotatable bonds is 7. The van der Waals surface area contributed by atoms with Crippen molar-refractivity contribution in [3.05, 3.63) is 0 Å². The van der Waals surface area contributed by atoms with Crippen LogP contribution in [0.4, 0.5) is 0 Å². The van der Waals surface area contributed by atoms with Gasteiger partial charge in [-0.3, -0.25) is 0 Å². The van der Waals surface area contributed by atoms with Crippen LogP contribution in [0.15, 0.2) is 0 Å². The van der Waals surface area contributed by atoms with Crippen LogP contribution in [-0.2, 0) is 0 Å². The highest BCUT2D eigenvalue weighted by Crippen LogP contribution is 2.27. The summed E-state index contributed by atoms with van der Waals surface area (Å²) in [6.07, 6.45) is 9.70. The predicted molar refractivity (Wildman–Crippen MR) is 79.8 cm³/mol. The summed E-state index contributed by atoms with van der Waals surface area (Å²) in [5.41, 5.74) is 6.03. The fourth-order valence-electron chi connectivity index (χ4n) is 3.23. The van der Waals surface area contributed by atoms with E-state index in [0.717, 1.165) is 12.5 Å². The Kier molecular flexibility index (Phi) is 7.87. The van der Waals surface area contributed by atoms with Gasteiger partial charge in [-0.15, -0.1) is 0 Å². The van der Waals surface area contributed by atoms with E-state index in [0.29, 0.717) is 6.04 Å². The molecule has 0 heterocycles. The van der Waals surface area contributed by atoms with Gasteiger partial charge in [0.25, 0.3) is 0 Å². The SMILES string of the molecule is CN(C)CCCN(C)C(CN)C1CCCCCC1. The lowest BCUT2D eigenvalue weighted by Gasteiger charge is -2.33. The Labute approximate surface area is 114 Å². The Balaban J connectivity index is 2.37. The largest absolute Gasteiger partial charge is 0.329 e. The summed E-state index contributed by atoms with van der Waals surface area (Å²) < 4.78 is 0. The summed E-state index contributed by atoms with van der Waals surface area (Å²) in [4.78, 5) is 4.77. The first kappa shape index (κ1) is 15.9. The van der Waals surface area contributed by atoms with Crippen LogP contribution in [0.1, 0.15) is 44.9 Å². The molecular weight excluding hydrogens is 222 g/mol. The highest BCUT2D eigenvalue weighted by atomic mass is 15.1. The lowest BCUT2D eigenvalue weighted by atomic mass is 9.91. The van der Waals surface area contributed by atoms with Crippen LogP contribution >= 0.6 is 0 Å². The molecule has 3 nitrogen and oxygen atoms in total. The Bertz CT molecular complexity index is 198. The lowest BCUT2D eigenvalue weighted by molar-refractivity contribution is 0.161. The number of nitrogens with two attached hydrogens (primary N) is 1. The molecule has 1 aliphatic carbocycles. The van der Waals surface area contributed by atoms with E-state index in [1.165, 1.54) is 58.0 Å². The van der Waals surface area contributed by atoms with E-state index >= 15 is 0 Å². The second-order valence-corrected chi connectivity index (χ2v) is 6.19. The first-order valence-corrected chi connectivity index (χ1v) is 7.70. The van der Waals surface area contributed by atoms with E-state index in [1.54, 1.807) is 0 Å². The topological polar surface area (TPSA) is 32.5 Å². The van der Waals surface area contributed by atoms with E-state index in [4.69, 9.17) is 5.73 Å². The lowest BCUT2D eigenvalue weighted by Crippen LogP contribution is -2.44. The van der Waals surface area contributed by atoms with Gasteiger partial charge in [0.2, 0.25) is 0 Å². The zero-order valence-corrected chi connectivity index (χ0v) is 12.7. The van der Waals surface area contributed by atoms with Crippen LogP contribution < -0.4 is 5.73 Å². The van der Waals surface area contributed by atoms with E-state index < -0.39 is 0 Å². The molecule has 1 aliphatic rings. The number of hydrogen-bond acceptors (Lipinski definition) is 3. The molecule has 3 heteroatoms. The molecule has 0 saturated heterocycles. The van der Waals surface area contributed by atoms with Crippen molar-refractivity contribution in [2.45, 2.75) is 51.0 Å². The minimum atomic E-state index is 0.602. The van der Waals surface area contributed by atoms with Gasteiger partial charge < -0.3 is 15.5 Å². The summed E-state index contributed by atoms with van der Waals surface area (Å²) in [5.74, 6) is 0.835. The number of hydrogen-bond donors (Lipinski definition) is 1. The van der Waals surface area contributed by atoms with E-state index in [1.807, 2.05) is 0 Å². The van der Waals surface area contributed by atoms with Gasteiger partial charge in [0.1, 0.15) is 0 Å². The van der Waals surface area contributed by atoms with Crippen molar-refractivity contribution in [2.75, 3.05) is 40.8 Å². The maximum Gasteiger partial charge on any atom is 0.0243 e. The van der Waals surface area contributed by atoms with Gasteiger partial charge in [0.15, 0.2) is 0 Å². The average Bonchev–Trinajstić information content (AvgIpc) is 2.58. The van der Waals surface area contributed by atoms with Gasteiger partial charge >= 0.3 is 0 Å². The van der Waals surface area contributed by atoms with Crippen molar-refractivity contribution >= 4 is 0 Å². The molecule has 1 rings (SSSR count). The summed E-state index contributed by atoms with van der Waals surface area (Å²) in [5, 5.41) is 0. The Morgan fingerprint density at radius 3 is 2.11 bits per heavy atom. The smallest absolute Gasteiger partial charge is 0.0243 e. The molecule has 1 fully saturated rings. The van der Waals surface area contributed by atoms with E-state index in [2.05, 4.69) is 30.9 Å². The van der Waals surface area contributed by atoms with E-state index in [-0.39, 0.29) is 0 Å². The molecule has 0 aromatic heterocycles. The Morgan fingerprint density at radius 2 is 1.61 bits per heavy atom. The van der Waals surface area contributed by atoms with Gasteiger partial charge in [-0.2, -0.15) is 0 Å². The van der Waals surface area contributed by atoms with Crippen LogP contribution in [0.25, 0.3) is 0 Å². The molecule has 0 amide bonds. The van der Waals surface area contributed by atoms with Crippen molar-refractivity contribution in [3.63, 3.8) is 0 Å². The van der Waals surface area contributed by atoms with Crippen molar-refractivity contribution in [3.8, 4) is 0 Å². The summed E-state index contributed by atoms with van der Waals surface area (Å²) in [7, 11) is 6.55. The molecule has 108 valence electrons. The third-order valence-electron chi connectivity index (χ3n) is 4.37. The Hall–Kier alpha value is -0.120. The van der Waals surface area contributed by atoms with Crippen molar-refractivity contribution in [1.29, 1.82) is 0 Å². The maximum absolute atomic E-state index is 6.03. The zero-order chi connectivity index (χ0) is 13.4. The van der Waals surface area contributed by atoms with Gasteiger partial charge in [-0.1, -0.05) is 25.7 Å². The highest BCUT2D eigenvalue weighted by Gasteiger charge is 2.24. The first-order chi connectivity index (χ1) is 8.65. The molecule has 0 radical (unpaired) electrons. The van der Waals surface area contributed by atoms with Gasteiger partial charge in [0, 0.05) is 12.6 Å². The molecule has 1 saturated carbocycles. The molecule has 1 unspecified atom stereocenters. The quantitative estimate of drug-likeness (QED) is 0.708. The summed E-state index contributed by atoms with van der Waals surface area (Å²) >= 11 is 0. The fourth-order valence-corrected chi connectivity index (χ4v) is 3.23. The van der Waals surface area contributed by atoms with Crippen molar-refractivity contribution < 1.29 is 0 Å². The highest BCUT2D eigenvalue weighted by molar-refractivity contribution is 4.80. The molecule has 0 bridgehead atoms. The summed E-state index contributed by atoms with van der Waals surface area (Å²) in [6, 6.07) is 0.602. The molecule has 0 aromatic rings. The van der Waals surface area contributed by atoms with Gasteiger partial charge in [0.05, 0.1) is 0 Å². The molecule has 0 aromatic carbocycles. The second kappa shape index (κ2) is 8.89. The summed E-state index contributed by atoms with van der Waals surface area (Å²) in [6.45, 7) is 3.17. The third-order valence-corrected chi connectivity index (χ3v) is 4.37. The molecule has 0 spiro atoms. The molecule has 18 heavy (non-hydrogen) atoms. The van der Waals surface area contributed by atoms with Gasteiger partial charge in [-0.05, 0) is 59.4 Å². The van der Waals surface area contributed by atoms with Crippen molar-refractivity contribution in [2.24, 2.45) is 11.7 Å². The predicted octanol–water partition coefficient (Wildman–Crippen LogP) is 2.17. The molecule has 2 N–H and O–H groups in total. The minimum Gasteiger partial charge on any atom is -0.329 e. The van der Waals surface area contributed by atoms with Crippen LogP contribution in [0.5, 0.6) is 0 Å². The van der Waals surface area contributed by atoms with Crippen LogP contribution in [-0.4, -0.2) is 56.6 Å². The Morgan fingerprint density at radius 1 is 1.00 bits per heavy atom. The standard InChI is InChI=1S/C15H33N3/c1-17(2)11-8-12-18(3)15(13-16)14-9-6-4-5-7-10-14/h14-15H,4-13,16H2,1-3H3. The fraction of sp³-hybridized carbons (Fsp3) is 1.00. The minimum absolute atomic E-state index is 0.602. The molecule has 1 atom stereocenters. The third kappa shape index (κ3) is 5.68. The zero-order valence-electron chi connectivity index (χ0n) is 12.7. The number of likely N-dealkylation sites (N-methyl/N-ethyl adjacent to an activating group) is 1. The molecule has 0 aliphatic heterocycles. The van der Waals surface area contributed by atoms with E-state index in [9.17, 15) is 0 Å². The first-order valence-electron chi connectivity index (χ1n) is 7.70. The number of nitrogens with zero attached hydrogens (tertiary/aromatic N) is 2.